The highest BCUT2D eigenvalue weighted by atomic mass is 31.1. The summed E-state index contributed by atoms with van der Waals surface area (Å²) in [6.45, 7) is 3.89. The van der Waals surface area contributed by atoms with Crippen molar-refractivity contribution < 1.29 is 9.46 Å². The zero-order chi connectivity index (χ0) is 6.28. The van der Waals surface area contributed by atoms with Gasteiger partial charge < -0.3 is 10.6 Å². The van der Waals surface area contributed by atoms with Crippen LogP contribution in [-0.2, 0) is 4.57 Å². The molecular formula is C4H16NO2P. The maximum absolute atomic E-state index is 8.57. The molecule has 0 aromatic heterocycles. The lowest BCUT2D eigenvalue weighted by Crippen LogP contribution is -2.06. The molecule has 8 heavy (non-hydrogen) atoms. The minimum Gasteiger partial charge on any atom is -0.348 e. The third-order valence-corrected chi connectivity index (χ3v) is 0. The van der Waals surface area contributed by atoms with Crippen LogP contribution >= 0.6 is 8.69 Å². The fourth-order valence-electron chi connectivity index (χ4n) is 0. The van der Waals surface area contributed by atoms with Gasteiger partial charge in [-0.2, -0.15) is 0 Å². The van der Waals surface area contributed by atoms with Crippen LogP contribution in [0.15, 0.2) is 0 Å². The number of hydrogen-bond acceptors (Lipinski definition) is 2. The van der Waals surface area contributed by atoms with E-state index in [1.807, 2.05) is 13.8 Å². The third kappa shape index (κ3) is 7250. The molecule has 0 aliphatic rings. The number of hydrogen-bond donors (Lipinski definition) is 2. The van der Waals surface area contributed by atoms with Crippen molar-refractivity contribution in [1.29, 1.82) is 0 Å². The first-order valence-corrected chi connectivity index (χ1v) is 2.97. The Morgan fingerprint density at radius 2 is 1.62 bits per heavy atom. The van der Waals surface area contributed by atoms with E-state index in [1.165, 1.54) is 0 Å². The number of nitrogens with two attached hydrogens (primary N) is 1. The summed E-state index contributed by atoms with van der Waals surface area (Å²) in [6.07, 6.45) is 0. The normalized spacial score (nSPS) is 8.12. The van der Waals surface area contributed by atoms with Gasteiger partial charge in [-0.15, -0.1) is 0 Å². The van der Waals surface area contributed by atoms with Crippen molar-refractivity contribution in [3.05, 3.63) is 0 Å². The summed E-state index contributed by atoms with van der Waals surface area (Å²) in [6, 6.07) is 0.333. The lowest BCUT2D eigenvalue weighted by atomic mass is 10.5. The van der Waals surface area contributed by atoms with E-state index in [0.717, 1.165) is 0 Å². The Balaban J connectivity index is -0.0000000575. The van der Waals surface area contributed by atoms with Crippen LogP contribution in [0.4, 0.5) is 0 Å². The highest BCUT2D eigenvalue weighted by Gasteiger charge is 1.67. The second kappa shape index (κ2) is 15.7. The Morgan fingerprint density at radius 3 is 1.62 bits per heavy atom. The summed E-state index contributed by atoms with van der Waals surface area (Å²) in [5.41, 5.74) is 5.11. The fourth-order valence-corrected chi connectivity index (χ4v) is 0. The van der Waals surface area contributed by atoms with Gasteiger partial charge in [0.1, 0.15) is 0 Å². The van der Waals surface area contributed by atoms with Crippen LogP contribution in [0, 0.1) is 0 Å². The second-order valence-corrected chi connectivity index (χ2v) is 1.56. The van der Waals surface area contributed by atoms with Crippen molar-refractivity contribution in [3.8, 4) is 0 Å². The van der Waals surface area contributed by atoms with Crippen LogP contribution in [0.25, 0.3) is 0 Å². The molecule has 1 atom stereocenters. The summed E-state index contributed by atoms with van der Waals surface area (Å²) >= 11 is 0. The molecule has 0 aromatic carbocycles. The SMILES string of the molecule is C.CC(C)N.O=[PH2]O. The Kier molecular flexibility index (Phi) is 30.8. The quantitative estimate of drug-likeness (QED) is 0.486. The van der Waals surface area contributed by atoms with Crippen LogP contribution in [0.3, 0.4) is 0 Å². The molecule has 0 bridgehead atoms. The maximum Gasteiger partial charge on any atom is 0.177 e. The molecule has 54 valence electrons. The molecule has 0 aliphatic heterocycles. The monoisotopic (exact) mass is 141 g/mol. The molecule has 3 N–H and O–H groups in total. The molecule has 0 saturated carbocycles. The molecule has 0 saturated heterocycles. The van der Waals surface area contributed by atoms with Crippen molar-refractivity contribution in [3.63, 3.8) is 0 Å². The lowest BCUT2D eigenvalue weighted by molar-refractivity contribution is 0.524. The topological polar surface area (TPSA) is 63.3 Å². The van der Waals surface area contributed by atoms with Gasteiger partial charge in [-0.25, -0.2) is 0 Å². The minimum atomic E-state index is -1.50. The van der Waals surface area contributed by atoms with Gasteiger partial charge in [0.2, 0.25) is 0 Å². The average molecular weight is 141 g/mol. The second-order valence-electron chi connectivity index (χ2n) is 1.35. The van der Waals surface area contributed by atoms with Crippen LogP contribution in [-0.4, -0.2) is 10.9 Å². The Bertz CT molecular complexity index is 38.3. The van der Waals surface area contributed by atoms with E-state index in [2.05, 4.69) is 0 Å². The molecule has 3 nitrogen and oxygen atoms in total. The maximum atomic E-state index is 8.57. The summed E-state index contributed by atoms with van der Waals surface area (Å²) in [7, 11) is -1.50. The predicted molar refractivity (Wildman–Crippen MR) is 38.7 cm³/mol. The summed E-state index contributed by atoms with van der Waals surface area (Å²) in [5.74, 6) is 0. The van der Waals surface area contributed by atoms with E-state index in [4.69, 9.17) is 15.2 Å². The molecule has 0 aromatic rings. The van der Waals surface area contributed by atoms with Crippen molar-refractivity contribution in [1.82, 2.24) is 0 Å². The molecule has 0 spiro atoms. The summed E-state index contributed by atoms with van der Waals surface area (Å²) in [5, 5.41) is 0. The zero-order valence-electron chi connectivity index (χ0n) is 4.59. The molecule has 0 amide bonds. The summed E-state index contributed by atoms with van der Waals surface area (Å²) in [4.78, 5) is 7.10. The van der Waals surface area contributed by atoms with E-state index in [0.29, 0.717) is 6.04 Å². The highest BCUT2D eigenvalue weighted by Crippen LogP contribution is 1.66. The van der Waals surface area contributed by atoms with Crippen LogP contribution < -0.4 is 5.73 Å². The molecule has 0 fully saturated rings. The van der Waals surface area contributed by atoms with Crippen LogP contribution in [0.2, 0.25) is 0 Å². The van der Waals surface area contributed by atoms with Gasteiger partial charge in [-0.05, 0) is 6.04 Å². The highest BCUT2D eigenvalue weighted by molar-refractivity contribution is 7.16. The van der Waals surface area contributed by atoms with Gasteiger partial charge in [-0.1, -0.05) is 21.3 Å². The standard InChI is InChI=1S/C3H9N.CH4.H3O2P/c1-3(2)4;;1-3-2/h3H,4H2,1-2H3;1H4;3H2,(H,1,2). The molecule has 0 radical (unpaired) electrons. The largest absolute Gasteiger partial charge is 0.348 e. The predicted octanol–water partition coefficient (Wildman–Crippen LogP) is 0.640. The Labute approximate surface area is 52.2 Å². The molecule has 0 aliphatic carbocycles. The van der Waals surface area contributed by atoms with Crippen molar-refractivity contribution in [2.24, 2.45) is 5.73 Å². The van der Waals surface area contributed by atoms with E-state index in [1.54, 1.807) is 0 Å². The molecular weight excluding hydrogens is 125 g/mol. The van der Waals surface area contributed by atoms with E-state index >= 15 is 0 Å². The summed E-state index contributed by atoms with van der Waals surface area (Å²) < 4.78 is 8.57. The average Bonchev–Trinajstić information content (AvgIpc) is 1.33. The Hall–Kier alpha value is 0.150. The van der Waals surface area contributed by atoms with Gasteiger partial charge >= 0.3 is 0 Å². The minimum absolute atomic E-state index is 0. The zero-order valence-corrected chi connectivity index (χ0v) is 5.74. The van der Waals surface area contributed by atoms with Crippen LogP contribution in [0.5, 0.6) is 0 Å². The molecule has 4 heteroatoms. The van der Waals surface area contributed by atoms with Crippen molar-refractivity contribution in [2.75, 3.05) is 0 Å². The van der Waals surface area contributed by atoms with Gasteiger partial charge in [-0.3, -0.25) is 4.57 Å². The fraction of sp³-hybridized carbons (Fsp3) is 1.00. The lowest BCUT2D eigenvalue weighted by Gasteiger charge is -1.81. The van der Waals surface area contributed by atoms with Crippen molar-refractivity contribution >= 4 is 8.69 Å². The van der Waals surface area contributed by atoms with Crippen molar-refractivity contribution in [2.45, 2.75) is 27.3 Å². The van der Waals surface area contributed by atoms with Gasteiger partial charge in [0.25, 0.3) is 0 Å². The first-order valence-electron chi connectivity index (χ1n) is 1.98. The van der Waals surface area contributed by atoms with Gasteiger partial charge in [0.15, 0.2) is 8.69 Å². The molecule has 1 unspecified atom stereocenters. The smallest absolute Gasteiger partial charge is 0.177 e. The van der Waals surface area contributed by atoms with E-state index in [-0.39, 0.29) is 7.43 Å². The van der Waals surface area contributed by atoms with Gasteiger partial charge in [0, 0.05) is 0 Å². The molecule has 0 heterocycles. The van der Waals surface area contributed by atoms with Gasteiger partial charge in [0.05, 0.1) is 0 Å². The first-order chi connectivity index (χ1) is 3.15. The molecule has 0 rings (SSSR count). The van der Waals surface area contributed by atoms with E-state index in [9.17, 15) is 0 Å². The number of rotatable bonds is 0. The third-order valence-electron chi connectivity index (χ3n) is 0. The van der Waals surface area contributed by atoms with Crippen LogP contribution in [0.1, 0.15) is 21.3 Å². The van der Waals surface area contributed by atoms with E-state index < -0.39 is 8.69 Å². The first kappa shape index (κ1) is 15.7. The Morgan fingerprint density at radius 1 is 1.62 bits per heavy atom.